The highest BCUT2D eigenvalue weighted by molar-refractivity contribution is 7.89. The molecule has 8 bridgehead atoms. The number of hydrogen-bond acceptors (Lipinski definition) is 11. The Labute approximate surface area is 263 Å². The van der Waals surface area contributed by atoms with Gasteiger partial charge in [0.1, 0.15) is 5.37 Å². The first kappa shape index (κ1) is 29.7. The molecule has 0 aromatic carbocycles. The molecule has 6 saturated heterocycles. The summed E-state index contributed by atoms with van der Waals surface area (Å²) in [5.74, 6) is 3.96. The van der Waals surface area contributed by atoms with Crippen LogP contribution in [0.4, 0.5) is 0 Å². The number of rotatable bonds is 1. The molecule has 0 amide bonds. The molecule has 9 aliphatic rings. The minimum atomic E-state index is -3.66. The summed E-state index contributed by atoms with van der Waals surface area (Å²) in [5, 5.41) is 41.3. The van der Waals surface area contributed by atoms with Crippen LogP contribution in [-0.4, -0.2) is 69.2 Å². The van der Waals surface area contributed by atoms with Crippen LogP contribution in [0.15, 0.2) is 0 Å². The Morgan fingerprint density at radius 3 is 0.977 bits per heavy atom. The Balaban J connectivity index is 1.05. The van der Waals surface area contributed by atoms with Crippen LogP contribution >= 0.6 is 0 Å². The van der Waals surface area contributed by atoms with Gasteiger partial charge in [-0.25, -0.2) is 13.6 Å². The molecule has 17 atom stereocenters. The summed E-state index contributed by atoms with van der Waals surface area (Å²) < 4.78 is 25.0. The number of hydrogen-bond donors (Lipinski definition) is 10. The molecule has 6 heterocycles. The molecule has 9 rings (SSSR count). The van der Waals surface area contributed by atoms with Gasteiger partial charge < -0.3 is 0 Å². The summed E-state index contributed by atoms with van der Waals surface area (Å²) in [6, 6.07) is -0.0192. The second kappa shape index (κ2) is 11.6. The Morgan fingerprint density at radius 1 is 0.364 bits per heavy atom. The van der Waals surface area contributed by atoms with Gasteiger partial charge in [0.15, 0.2) is 0 Å². The lowest BCUT2D eigenvalue weighted by Gasteiger charge is -2.38. The van der Waals surface area contributed by atoms with Gasteiger partial charge in [-0.05, 0) is 86.9 Å². The zero-order valence-corrected chi connectivity index (χ0v) is 26.8. The van der Waals surface area contributed by atoms with E-state index in [2.05, 4.69) is 47.9 Å². The van der Waals surface area contributed by atoms with Gasteiger partial charge in [-0.2, -0.15) is 0 Å². The Morgan fingerprint density at radius 2 is 0.659 bits per heavy atom. The third-order valence-electron chi connectivity index (χ3n) is 13.9. The predicted octanol–water partition coefficient (Wildman–Crippen LogP) is -0.218. The van der Waals surface area contributed by atoms with E-state index in [1.165, 1.54) is 77.0 Å². The molecule has 0 radical (unpaired) electrons. The molecule has 17 unspecified atom stereocenters. The zero-order valence-electron chi connectivity index (χ0n) is 26.0. The monoisotopic (exact) mass is 632 g/mol. The lowest BCUT2D eigenvalue weighted by atomic mass is 9.77. The predicted molar refractivity (Wildman–Crippen MR) is 168 cm³/mol. The van der Waals surface area contributed by atoms with Crippen LogP contribution in [0.2, 0.25) is 0 Å². The molecule has 248 valence electrons. The van der Waals surface area contributed by atoms with E-state index < -0.39 is 15.4 Å². The smallest absolute Gasteiger partial charge is 0.225 e. The van der Waals surface area contributed by atoms with Gasteiger partial charge in [-0.3, -0.25) is 47.9 Å². The van der Waals surface area contributed by atoms with Crippen LogP contribution in [0.3, 0.4) is 0 Å². The highest BCUT2D eigenvalue weighted by Gasteiger charge is 2.55. The van der Waals surface area contributed by atoms with Crippen molar-refractivity contribution in [2.45, 2.75) is 151 Å². The molecule has 0 aromatic heterocycles. The largest absolute Gasteiger partial charge is 0.294 e. The second-order valence-electron chi connectivity index (χ2n) is 16.0. The number of primary sulfonamides is 1. The third-order valence-corrected chi connectivity index (χ3v) is 15.0. The van der Waals surface area contributed by atoms with Gasteiger partial charge in [0.05, 0.1) is 49.3 Å². The van der Waals surface area contributed by atoms with E-state index >= 15 is 0 Å². The number of nitrogens with one attached hydrogen (secondary N) is 9. The summed E-state index contributed by atoms with van der Waals surface area (Å²) in [6.45, 7) is 0. The molecular weight excluding hydrogens is 576 g/mol. The van der Waals surface area contributed by atoms with E-state index in [0.29, 0.717) is 60.4 Å². The van der Waals surface area contributed by atoms with Crippen LogP contribution in [0, 0.1) is 41.4 Å². The van der Waals surface area contributed by atoms with E-state index in [4.69, 9.17) is 5.14 Å². The maximum atomic E-state index is 12.5. The Kier molecular flexibility index (Phi) is 7.83. The van der Waals surface area contributed by atoms with Crippen LogP contribution in [-0.2, 0) is 10.0 Å². The number of sulfonamides is 1. The lowest BCUT2D eigenvalue weighted by Crippen LogP contribution is -2.63. The van der Waals surface area contributed by atoms with Gasteiger partial charge in [0.2, 0.25) is 10.0 Å². The van der Waals surface area contributed by atoms with Crippen LogP contribution in [0.1, 0.15) is 89.9 Å². The SMILES string of the molecule is NS(=O)(=O)C1CCC2C3NC4NC(NC5NC(NC6NC(NC(N3)C2N1)C1CCCCC61)C1CCCCC51)C1CCCCC41. The maximum Gasteiger partial charge on any atom is 0.225 e. The maximum absolute atomic E-state index is 12.5. The van der Waals surface area contributed by atoms with Gasteiger partial charge >= 0.3 is 0 Å². The number of nitrogens with two attached hydrogens (primary N) is 1. The average molecular weight is 633 g/mol. The first-order chi connectivity index (χ1) is 21.4. The van der Waals surface area contributed by atoms with Crippen molar-refractivity contribution in [3.63, 3.8) is 0 Å². The summed E-state index contributed by atoms with van der Waals surface area (Å²) in [7, 11) is -3.66. The standard InChI is InChI=1S/C31H56N10O2S/c32-44(42,43)22-14-13-21-23(33-22)31-40-29-20-12-6-5-11-19(20)27(38-29)36-25-16-8-2-1-7-15(16)24(34-25)35-26-17-9-3-4-10-18(17)28(37-26)39-30(21)41-31/h15-31,33-41H,1-14H2,(H2,32,42,43). The van der Waals surface area contributed by atoms with Crippen molar-refractivity contribution >= 4 is 10.0 Å². The van der Waals surface area contributed by atoms with Gasteiger partial charge in [-0.15, -0.1) is 0 Å². The Bertz CT molecular complexity index is 1180. The highest BCUT2D eigenvalue weighted by atomic mass is 32.2. The van der Waals surface area contributed by atoms with Crippen LogP contribution in [0.25, 0.3) is 0 Å². The van der Waals surface area contributed by atoms with Crippen molar-refractivity contribution in [1.82, 2.24) is 47.9 Å². The average Bonchev–Trinajstić information content (AvgIpc) is 3.76. The lowest BCUT2D eigenvalue weighted by molar-refractivity contribution is 0.171. The minimum absolute atomic E-state index is 0.0192. The zero-order chi connectivity index (χ0) is 29.6. The van der Waals surface area contributed by atoms with E-state index in [0.717, 1.165) is 6.42 Å². The van der Waals surface area contributed by atoms with Gasteiger partial charge in [0.25, 0.3) is 0 Å². The quantitative estimate of drug-likeness (QED) is 0.186. The third kappa shape index (κ3) is 5.12. The summed E-state index contributed by atoms with van der Waals surface area (Å²) in [5.41, 5.74) is 0. The second-order valence-corrected chi connectivity index (χ2v) is 17.7. The summed E-state index contributed by atoms with van der Waals surface area (Å²) >= 11 is 0. The molecule has 12 nitrogen and oxygen atoms in total. The normalized spacial score (nSPS) is 55.5. The summed E-state index contributed by atoms with van der Waals surface area (Å²) in [6.07, 6.45) is 18.6. The molecular formula is C31H56N10O2S. The fourth-order valence-electron chi connectivity index (χ4n) is 11.8. The molecule has 6 aliphatic heterocycles. The minimum Gasteiger partial charge on any atom is -0.294 e. The fraction of sp³-hybridized carbons (Fsp3) is 1.00. The van der Waals surface area contributed by atoms with Gasteiger partial charge in [0, 0.05) is 12.0 Å². The molecule has 44 heavy (non-hydrogen) atoms. The first-order valence-corrected chi connectivity index (χ1v) is 19.9. The molecule has 0 aromatic rings. The highest BCUT2D eigenvalue weighted by Crippen LogP contribution is 2.44. The van der Waals surface area contributed by atoms with Crippen LogP contribution in [0.5, 0.6) is 0 Å². The van der Waals surface area contributed by atoms with Gasteiger partial charge in [-0.1, -0.05) is 38.5 Å². The van der Waals surface area contributed by atoms with Crippen LogP contribution < -0.4 is 53.0 Å². The van der Waals surface area contributed by atoms with Crippen molar-refractivity contribution in [3.05, 3.63) is 0 Å². The van der Waals surface area contributed by atoms with E-state index in [1.807, 2.05) is 0 Å². The molecule has 3 aliphatic carbocycles. The van der Waals surface area contributed by atoms with Crippen molar-refractivity contribution in [2.75, 3.05) is 0 Å². The fourth-order valence-corrected chi connectivity index (χ4v) is 12.7. The molecule has 13 heteroatoms. The summed E-state index contributed by atoms with van der Waals surface area (Å²) in [4.78, 5) is 0. The Hall–Kier alpha value is -0.450. The van der Waals surface area contributed by atoms with Crippen molar-refractivity contribution in [1.29, 1.82) is 0 Å². The van der Waals surface area contributed by atoms with Crippen molar-refractivity contribution in [3.8, 4) is 0 Å². The molecule has 11 N–H and O–H groups in total. The number of fused-ring (bicyclic) bond motifs is 20. The van der Waals surface area contributed by atoms with E-state index in [1.54, 1.807) is 0 Å². The molecule has 3 saturated carbocycles. The topological polar surface area (TPSA) is 168 Å². The van der Waals surface area contributed by atoms with E-state index in [9.17, 15) is 8.42 Å². The number of piperidine rings is 1. The van der Waals surface area contributed by atoms with Crippen molar-refractivity contribution < 1.29 is 8.42 Å². The molecule has 9 fully saturated rings. The first-order valence-electron chi connectivity index (χ1n) is 18.3. The van der Waals surface area contributed by atoms with E-state index in [-0.39, 0.29) is 42.8 Å². The van der Waals surface area contributed by atoms with Crippen molar-refractivity contribution in [2.24, 2.45) is 46.6 Å². The molecule has 0 spiro atoms.